The van der Waals surface area contributed by atoms with Crippen LogP contribution in [-0.2, 0) is 4.74 Å². The van der Waals surface area contributed by atoms with Gasteiger partial charge in [-0.3, -0.25) is 0 Å². The summed E-state index contributed by atoms with van der Waals surface area (Å²) in [7, 11) is -2.37. The third-order valence-electron chi connectivity index (χ3n) is 3.30. The van der Waals surface area contributed by atoms with Gasteiger partial charge in [0.05, 0.1) is 22.1 Å². The molecule has 19 heavy (non-hydrogen) atoms. The number of hydrogen-bond donors (Lipinski definition) is 2. The SMILES string of the molecule is [2H]C([2H])([2H])OC[C@H]1C[C@H](n2nc(I)c3c(N)ncnc32)CN1. The van der Waals surface area contributed by atoms with Gasteiger partial charge in [0.1, 0.15) is 15.8 Å². The lowest BCUT2D eigenvalue weighted by atomic mass is 10.2. The molecular weight excluding hydrogens is 359 g/mol. The van der Waals surface area contributed by atoms with Crippen molar-refractivity contribution in [2.24, 2.45) is 0 Å². The number of hydrogen-bond acceptors (Lipinski definition) is 6. The minimum Gasteiger partial charge on any atom is -0.383 e. The zero-order valence-electron chi connectivity index (χ0n) is 13.0. The molecule has 0 aliphatic carbocycles. The second-order valence-corrected chi connectivity index (χ2v) is 5.52. The van der Waals surface area contributed by atoms with Crippen LogP contribution < -0.4 is 11.1 Å². The summed E-state index contributed by atoms with van der Waals surface area (Å²) in [6.07, 6.45) is 2.14. The number of nitrogens with two attached hydrogens (primary N) is 1. The summed E-state index contributed by atoms with van der Waals surface area (Å²) in [6.45, 7) is 0.812. The molecule has 1 aliphatic heterocycles. The summed E-state index contributed by atoms with van der Waals surface area (Å²) in [5, 5.41) is 8.51. The molecule has 1 saturated heterocycles. The van der Waals surface area contributed by atoms with Crippen LogP contribution in [0.2, 0.25) is 0 Å². The van der Waals surface area contributed by atoms with Gasteiger partial charge in [0.25, 0.3) is 0 Å². The van der Waals surface area contributed by atoms with Gasteiger partial charge < -0.3 is 15.8 Å². The number of nitrogens with zero attached hydrogens (tertiary/aromatic N) is 4. The first-order valence-electron chi connectivity index (χ1n) is 7.36. The molecule has 0 saturated carbocycles. The van der Waals surface area contributed by atoms with E-state index < -0.39 is 7.04 Å². The second-order valence-electron chi connectivity index (χ2n) is 4.50. The summed E-state index contributed by atoms with van der Waals surface area (Å²) in [4.78, 5) is 8.26. The minimum absolute atomic E-state index is 0.0264. The third kappa shape index (κ3) is 2.28. The van der Waals surface area contributed by atoms with Crippen LogP contribution in [0.15, 0.2) is 6.33 Å². The maximum atomic E-state index is 7.08. The topological polar surface area (TPSA) is 90.9 Å². The fourth-order valence-corrected chi connectivity index (χ4v) is 3.17. The van der Waals surface area contributed by atoms with Gasteiger partial charge in [-0.05, 0) is 29.0 Å². The maximum absolute atomic E-state index is 7.08. The zero-order valence-corrected chi connectivity index (χ0v) is 12.2. The Labute approximate surface area is 128 Å². The van der Waals surface area contributed by atoms with Crippen LogP contribution in [0.3, 0.4) is 0 Å². The molecule has 2 aromatic heterocycles. The first-order chi connectivity index (χ1) is 10.3. The molecule has 2 aromatic rings. The minimum atomic E-state index is -2.37. The normalized spacial score (nSPS) is 26.3. The summed E-state index contributed by atoms with van der Waals surface area (Å²) in [6, 6.07) is 0.0482. The van der Waals surface area contributed by atoms with E-state index in [1.54, 1.807) is 0 Å². The van der Waals surface area contributed by atoms with Crippen LogP contribution in [0.4, 0.5) is 5.82 Å². The molecule has 0 bridgehead atoms. The van der Waals surface area contributed by atoms with Gasteiger partial charge in [0, 0.05) is 19.6 Å². The Morgan fingerprint density at radius 2 is 2.58 bits per heavy atom. The highest BCUT2D eigenvalue weighted by molar-refractivity contribution is 14.1. The molecule has 3 N–H and O–H groups in total. The first kappa shape index (κ1) is 9.83. The molecule has 2 atom stereocenters. The number of rotatable bonds is 3. The Morgan fingerprint density at radius 3 is 3.42 bits per heavy atom. The molecule has 3 heterocycles. The van der Waals surface area contributed by atoms with Crippen LogP contribution >= 0.6 is 22.6 Å². The van der Waals surface area contributed by atoms with E-state index in [9.17, 15) is 0 Å². The lowest BCUT2D eigenvalue weighted by molar-refractivity contribution is 0.172. The van der Waals surface area contributed by atoms with Gasteiger partial charge in [0.15, 0.2) is 5.65 Å². The highest BCUT2D eigenvalue weighted by atomic mass is 127. The molecule has 8 heteroatoms. The van der Waals surface area contributed by atoms with Crippen molar-refractivity contribution >= 4 is 39.4 Å². The van der Waals surface area contributed by atoms with Crippen molar-refractivity contribution in [1.82, 2.24) is 25.1 Å². The standard InChI is InChI=1S/C11H15IN6O/c1-19-4-6-2-7(3-14-6)18-11-8(9(12)17-18)10(13)15-5-16-11/h5-7,14H,2-4H2,1H3,(H2,13,15,16)/t6-,7+/m1/s1/i1D3. The van der Waals surface area contributed by atoms with Crippen LogP contribution in [0.5, 0.6) is 0 Å². The summed E-state index contributed by atoms with van der Waals surface area (Å²) >= 11 is 2.11. The third-order valence-corrected chi connectivity index (χ3v) is 4.06. The van der Waals surface area contributed by atoms with E-state index in [0.29, 0.717) is 24.4 Å². The van der Waals surface area contributed by atoms with E-state index in [-0.39, 0.29) is 18.7 Å². The Hall–Kier alpha value is -1.00. The van der Waals surface area contributed by atoms with Crippen molar-refractivity contribution in [3.8, 4) is 0 Å². The van der Waals surface area contributed by atoms with E-state index >= 15 is 0 Å². The number of nitrogen functional groups attached to an aromatic ring is 1. The molecule has 0 amide bonds. The summed E-state index contributed by atoms with van der Waals surface area (Å²) < 4.78 is 28.7. The summed E-state index contributed by atoms with van der Waals surface area (Å²) in [5.74, 6) is 0.411. The fourth-order valence-electron chi connectivity index (χ4n) is 2.42. The van der Waals surface area contributed by atoms with Gasteiger partial charge in [-0.15, -0.1) is 0 Å². The monoisotopic (exact) mass is 377 g/mol. The maximum Gasteiger partial charge on any atom is 0.164 e. The molecule has 0 unspecified atom stereocenters. The predicted octanol–water partition coefficient (Wildman–Crippen LogP) is 0.562. The van der Waals surface area contributed by atoms with Crippen molar-refractivity contribution < 1.29 is 8.85 Å². The van der Waals surface area contributed by atoms with Crippen molar-refractivity contribution in [2.75, 3.05) is 25.9 Å². The average molecular weight is 377 g/mol. The predicted molar refractivity (Wildman–Crippen MR) is 79.8 cm³/mol. The van der Waals surface area contributed by atoms with E-state index in [2.05, 4.69) is 43.0 Å². The van der Waals surface area contributed by atoms with Crippen LogP contribution in [0, 0.1) is 3.70 Å². The van der Waals surface area contributed by atoms with Crippen LogP contribution in [-0.4, -0.2) is 46.0 Å². The highest BCUT2D eigenvalue weighted by Crippen LogP contribution is 2.28. The number of nitrogens with one attached hydrogen (secondary N) is 1. The Morgan fingerprint density at radius 1 is 1.68 bits per heavy atom. The molecule has 102 valence electrons. The molecule has 3 rings (SSSR count). The first-order valence-corrected chi connectivity index (χ1v) is 6.94. The van der Waals surface area contributed by atoms with E-state index in [1.807, 2.05) is 4.68 Å². The molecule has 0 aromatic carbocycles. The number of anilines is 1. The smallest absolute Gasteiger partial charge is 0.164 e. The van der Waals surface area contributed by atoms with Gasteiger partial charge in [-0.2, -0.15) is 5.10 Å². The molecule has 0 radical (unpaired) electrons. The van der Waals surface area contributed by atoms with Crippen molar-refractivity contribution in [1.29, 1.82) is 0 Å². The Kier molecular flexibility index (Phi) is 2.68. The number of halogens is 1. The number of aromatic nitrogens is 4. The molecule has 1 aliphatic rings. The van der Waals surface area contributed by atoms with E-state index in [0.717, 1.165) is 9.09 Å². The quantitative estimate of drug-likeness (QED) is 0.760. The van der Waals surface area contributed by atoms with Crippen LogP contribution in [0.25, 0.3) is 11.0 Å². The number of methoxy groups -OCH3 is 1. The molecule has 1 fully saturated rings. The van der Waals surface area contributed by atoms with E-state index in [4.69, 9.17) is 14.6 Å². The van der Waals surface area contributed by atoms with E-state index in [1.165, 1.54) is 6.33 Å². The molecular formula is C11H15IN6O. The summed E-state index contributed by atoms with van der Waals surface area (Å²) in [5.41, 5.74) is 6.58. The lowest BCUT2D eigenvalue weighted by Crippen LogP contribution is -2.25. The second kappa shape index (κ2) is 5.17. The Bertz CT molecular complexity index is 690. The molecule has 7 nitrogen and oxygen atoms in total. The van der Waals surface area contributed by atoms with Crippen molar-refractivity contribution in [2.45, 2.75) is 18.5 Å². The highest BCUT2D eigenvalue weighted by Gasteiger charge is 2.28. The van der Waals surface area contributed by atoms with Crippen LogP contribution in [0.1, 0.15) is 16.6 Å². The lowest BCUT2D eigenvalue weighted by Gasteiger charge is -2.10. The van der Waals surface area contributed by atoms with Crippen molar-refractivity contribution in [3.05, 3.63) is 10.0 Å². The largest absolute Gasteiger partial charge is 0.383 e. The van der Waals surface area contributed by atoms with Gasteiger partial charge >= 0.3 is 0 Å². The van der Waals surface area contributed by atoms with Gasteiger partial charge in [0.2, 0.25) is 0 Å². The average Bonchev–Trinajstić information content (AvgIpc) is 3.01. The van der Waals surface area contributed by atoms with Gasteiger partial charge in [-0.25, -0.2) is 14.6 Å². The zero-order chi connectivity index (χ0) is 15.9. The number of fused-ring (bicyclic) bond motifs is 1. The van der Waals surface area contributed by atoms with Crippen molar-refractivity contribution in [3.63, 3.8) is 0 Å². The van der Waals surface area contributed by atoms with Gasteiger partial charge in [-0.1, -0.05) is 0 Å². The molecule has 0 spiro atoms. The Balaban J connectivity index is 1.78. The fraction of sp³-hybridized carbons (Fsp3) is 0.545. The number of ether oxygens (including phenoxy) is 1.